The molecule has 3 heterocycles. The molecule has 0 unspecified atom stereocenters. The lowest BCUT2D eigenvalue weighted by Gasteiger charge is -2.18. The monoisotopic (exact) mass is 337 g/mol. The quantitative estimate of drug-likeness (QED) is 0.933. The average Bonchev–Trinajstić information content (AvgIpc) is 3.31. The number of amides is 2. The van der Waals surface area contributed by atoms with Crippen LogP contribution in [-0.4, -0.2) is 36.1 Å². The van der Waals surface area contributed by atoms with Gasteiger partial charge in [-0.3, -0.25) is 14.6 Å². The van der Waals surface area contributed by atoms with Crippen LogP contribution in [0.5, 0.6) is 0 Å². The number of benzene rings is 1. The molecule has 2 amide bonds. The normalized spacial score (nSPS) is 18.9. The Bertz CT molecular complexity index is 801. The van der Waals surface area contributed by atoms with E-state index < -0.39 is 0 Å². The number of hydrogen-bond donors (Lipinski definition) is 1. The molecule has 2 aliphatic rings. The van der Waals surface area contributed by atoms with E-state index in [2.05, 4.69) is 10.3 Å². The van der Waals surface area contributed by atoms with Gasteiger partial charge in [0.15, 0.2) is 0 Å². The van der Waals surface area contributed by atoms with Crippen molar-refractivity contribution in [2.75, 3.05) is 23.4 Å². The Balaban J connectivity index is 1.55. The molecule has 1 saturated heterocycles. The van der Waals surface area contributed by atoms with E-state index in [0.717, 1.165) is 30.5 Å². The molecule has 128 valence electrons. The van der Waals surface area contributed by atoms with Gasteiger partial charge in [-0.25, -0.2) is 0 Å². The van der Waals surface area contributed by atoms with Crippen LogP contribution in [0.2, 0.25) is 0 Å². The first-order chi connectivity index (χ1) is 12.2. The van der Waals surface area contributed by atoms with Gasteiger partial charge in [-0.05, 0) is 49.1 Å². The molecular formula is C19H19N3O3. The lowest BCUT2D eigenvalue weighted by Crippen LogP contribution is -2.29. The number of fused-ring (bicyclic) bond motifs is 1. The summed E-state index contributed by atoms with van der Waals surface area (Å²) >= 11 is 0. The Kier molecular flexibility index (Phi) is 4.19. The molecule has 2 aliphatic heterocycles. The molecule has 2 aromatic rings. The van der Waals surface area contributed by atoms with Gasteiger partial charge in [0.25, 0.3) is 11.8 Å². The minimum Gasteiger partial charge on any atom is -0.368 e. The van der Waals surface area contributed by atoms with Crippen LogP contribution < -0.4 is 10.2 Å². The summed E-state index contributed by atoms with van der Waals surface area (Å²) in [5.74, 6) is -0.199. The van der Waals surface area contributed by atoms with E-state index in [0.29, 0.717) is 24.4 Å². The molecule has 1 aromatic heterocycles. The molecule has 1 fully saturated rings. The summed E-state index contributed by atoms with van der Waals surface area (Å²) in [6.07, 6.45) is 5.32. The number of anilines is 2. The molecule has 0 saturated carbocycles. The first-order valence-electron chi connectivity index (χ1n) is 8.49. The van der Waals surface area contributed by atoms with Crippen molar-refractivity contribution < 1.29 is 14.3 Å². The number of rotatable bonds is 3. The summed E-state index contributed by atoms with van der Waals surface area (Å²) in [4.78, 5) is 30.7. The lowest BCUT2D eigenvalue weighted by atomic mass is 10.1. The van der Waals surface area contributed by atoms with E-state index in [9.17, 15) is 9.59 Å². The van der Waals surface area contributed by atoms with Gasteiger partial charge in [0.2, 0.25) is 0 Å². The fraction of sp³-hybridized carbons (Fsp3) is 0.316. The van der Waals surface area contributed by atoms with Gasteiger partial charge < -0.3 is 15.0 Å². The predicted molar refractivity (Wildman–Crippen MR) is 93.7 cm³/mol. The Labute approximate surface area is 145 Å². The van der Waals surface area contributed by atoms with Crippen molar-refractivity contribution in [3.8, 4) is 0 Å². The zero-order valence-electron chi connectivity index (χ0n) is 13.8. The number of ether oxygens (including phenoxy) is 1. The third kappa shape index (κ3) is 3.13. The second-order valence-corrected chi connectivity index (χ2v) is 6.28. The second kappa shape index (κ2) is 6.64. The SMILES string of the molecule is O=C(Nc1ccc2c(c1)N(C(=O)c1cccnc1)CC2)[C@@H]1CCCO1. The van der Waals surface area contributed by atoms with Gasteiger partial charge in [-0.2, -0.15) is 0 Å². The van der Waals surface area contributed by atoms with E-state index in [1.165, 1.54) is 0 Å². The fourth-order valence-electron chi connectivity index (χ4n) is 3.32. The van der Waals surface area contributed by atoms with Crippen LogP contribution in [0.4, 0.5) is 11.4 Å². The number of pyridine rings is 1. The first-order valence-corrected chi connectivity index (χ1v) is 8.49. The van der Waals surface area contributed by atoms with Crippen LogP contribution in [0.25, 0.3) is 0 Å². The van der Waals surface area contributed by atoms with Gasteiger partial charge in [0, 0.05) is 36.9 Å². The molecule has 1 atom stereocenters. The predicted octanol–water partition coefficient (Wildman–Crippen LogP) is 2.40. The zero-order chi connectivity index (χ0) is 17.2. The van der Waals surface area contributed by atoms with Crippen molar-refractivity contribution in [2.45, 2.75) is 25.4 Å². The zero-order valence-corrected chi connectivity index (χ0v) is 13.8. The van der Waals surface area contributed by atoms with Crippen molar-refractivity contribution in [2.24, 2.45) is 0 Å². The third-order valence-corrected chi connectivity index (χ3v) is 4.62. The average molecular weight is 337 g/mol. The highest BCUT2D eigenvalue weighted by Crippen LogP contribution is 2.32. The van der Waals surface area contributed by atoms with E-state index in [4.69, 9.17) is 4.74 Å². The minimum absolute atomic E-state index is 0.0746. The Morgan fingerprint density at radius 1 is 1.28 bits per heavy atom. The second-order valence-electron chi connectivity index (χ2n) is 6.28. The standard InChI is InChI=1S/C19H19N3O3/c23-18(17-4-2-10-25-17)21-15-6-5-13-7-9-22(16(13)11-15)19(24)14-3-1-8-20-12-14/h1,3,5-6,8,11-12,17H,2,4,7,9-10H2,(H,21,23)/t17-/m0/s1. The van der Waals surface area contributed by atoms with E-state index in [1.54, 1.807) is 29.4 Å². The van der Waals surface area contributed by atoms with Gasteiger partial charge in [-0.1, -0.05) is 6.07 Å². The summed E-state index contributed by atoms with van der Waals surface area (Å²) in [6, 6.07) is 9.23. The van der Waals surface area contributed by atoms with Crippen molar-refractivity contribution in [3.05, 3.63) is 53.9 Å². The maximum atomic E-state index is 12.7. The molecule has 6 nitrogen and oxygen atoms in total. The molecule has 0 radical (unpaired) electrons. The van der Waals surface area contributed by atoms with Crippen LogP contribution in [0.15, 0.2) is 42.7 Å². The Morgan fingerprint density at radius 2 is 2.20 bits per heavy atom. The molecule has 4 rings (SSSR count). The molecular weight excluding hydrogens is 318 g/mol. The summed E-state index contributed by atoms with van der Waals surface area (Å²) in [7, 11) is 0. The number of nitrogens with zero attached hydrogens (tertiary/aromatic N) is 2. The molecule has 0 spiro atoms. The number of aromatic nitrogens is 1. The Morgan fingerprint density at radius 3 is 2.96 bits per heavy atom. The van der Waals surface area contributed by atoms with E-state index >= 15 is 0 Å². The van der Waals surface area contributed by atoms with Crippen LogP contribution >= 0.6 is 0 Å². The molecule has 25 heavy (non-hydrogen) atoms. The van der Waals surface area contributed by atoms with Crippen LogP contribution in [0.3, 0.4) is 0 Å². The van der Waals surface area contributed by atoms with Crippen molar-refractivity contribution in [3.63, 3.8) is 0 Å². The van der Waals surface area contributed by atoms with Gasteiger partial charge >= 0.3 is 0 Å². The molecule has 1 aromatic carbocycles. The highest BCUT2D eigenvalue weighted by Gasteiger charge is 2.27. The lowest BCUT2D eigenvalue weighted by molar-refractivity contribution is -0.124. The fourth-order valence-corrected chi connectivity index (χ4v) is 3.32. The maximum absolute atomic E-state index is 12.7. The number of carbonyl (C=O) groups is 2. The van der Waals surface area contributed by atoms with Crippen LogP contribution in [0.1, 0.15) is 28.8 Å². The molecule has 6 heteroatoms. The van der Waals surface area contributed by atoms with Gasteiger partial charge in [0.05, 0.1) is 5.56 Å². The highest BCUT2D eigenvalue weighted by molar-refractivity contribution is 6.07. The van der Waals surface area contributed by atoms with Gasteiger partial charge in [-0.15, -0.1) is 0 Å². The highest BCUT2D eigenvalue weighted by atomic mass is 16.5. The largest absolute Gasteiger partial charge is 0.368 e. The summed E-state index contributed by atoms with van der Waals surface area (Å²) in [5.41, 5.74) is 3.20. The van der Waals surface area contributed by atoms with Crippen LogP contribution in [-0.2, 0) is 16.0 Å². The van der Waals surface area contributed by atoms with Crippen molar-refractivity contribution in [1.29, 1.82) is 0 Å². The number of hydrogen-bond acceptors (Lipinski definition) is 4. The molecule has 0 aliphatic carbocycles. The molecule has 1 N–H and O–H groups in total. The summed E-state index contributed by atoms with van der Waals surface area (Å²) < 4.78 is 5.41. The topological polar surface area (TPSA) is 71.5 Å². The van der Waals surface area contributed by atoms with E-state index in [1.807, 2.05) is 18.2 Å². The summed E-state index contributed by atoms with van der Waals surface area (Å²) in [6.45, 7) is 1.27. The van der Waals surface area contributed by atoms with Crippen LogP contribution in [0, 0.1) is 0 Å². The summed E-state index contributed by atoms with van der Waals surface area (Å²) in [5, 5.41) is 2.90. The third-order valence-electron chi connectivity index (χ3n) is 4.62. The minimum atomic E-state index is -0.374. The number of carbonyl (C=O) groups excluding carboxylic acids is 2. The van der Waals surface area contributed by atoms with Crippen molar-refractivity contribution >= 4 is 23.2 Å². The number of nitrogens with one attached hydrogen (secondary N) is 1. The smallest absolute Gasteiger partial charge is 0.259 e. The van der Waals surface area contributed by atoms with Gasteiger partial charge in [0.1, 0.15) is 6.10 Å². The Hall–Kier alpha value is -2.73. The van der Waals surface area contributed by atoms with E-state index in [-0.39, 0.29) is 17.9 Å². The molecule has 0 bridgehead atoms. The maximum Gasteiger partial charge on any atom is 0.259 e. The first kappa shape index (κ1) is 15.8. The van der Waals surface area contributed by atoms with Crippen molar-refractivity contribution in [1.82, 2.24) is 4.98 Å².